The largest absolute Gasteiger partial charge is 0.377 e. The van der Waals surface area contributed by atoms with Gasteiger partial charge >= 0.3 is 0 Å². The molecule has 0 saturated heterocycles. The summed E-state index contributed by atoms with van der Waals surface area (Å²) in [5, 5.41) is 0.000000000000000444. The highest BCUT2D eigenvalue weighted by Crippen LogP contribution is 1.95. The zero-order valence-corrected chi connectivity index (χ0v) is 14.8. The van der Waals surface area contributed by atoms with Crippen LogP contribution in [0.15, 0.2) is 0 Å². The number of hydrogen-bond donors (Lipinski definition) is 4. The number of thiocarbonyl (C=S) groups is 2. The summed E-state index contributed by atoms with van der Waals surface area (Å²) in [5.74, 6) is 0. The molecule has 0 aromatic rings. The quantitative estimate of drug-likeness (QED) is 0.428. The molecule has 8 heteroatoms. The fourth-order valence-electron chi connectivity index (χ4n) is 0.500. The minimum Gasteiger partial charge on any atom is -0.377 e. The first-order valence-corrected chi connectivity index (χ1v) is 5.29. The second kappa shape index (κ2) is 29.5. The lowest BCUT2D eigenvalue weighted by molar-refractivity contribution is 0.702. The number of rotatable bonds is 3. The van der Waals surface area contributed by atoms with E-state index in [-0.39, 0.29) is 44.2 Å². The number of nitrogens with two attached hydrogens (primary N) is 4. The summed E-state index contributed by atoms with van der Waals surface area (Å²) in [6, 6.07) is 0. The second-order valence-electron chi connectivity index (χ2n) is 2.51. The topological polar surface area (TPSA) is 104 Å². The van der Waals surface area contributed by atoms with Crippen LogP contribution in [-0.4, -0.2) is 10.2 Å². The van der Waals surface area contributed by atoms with Gasteiger partial charge in [0.25, 0.3) is 0 Å². The van der Waals surface area contributed by atoms with Crippen molar-refractivity contribution in [1.29, 1.82) is 0 Å². The van der Waals surface area contributed by atoms with Gasteiger partial charge in [-0.1, -0.05) is 39.5 Å². The molecule has 0 atom stereocenters. The lowest BCUT2D eigenvalue weighted by atomic mass is 10.2. The van der Waals surface area contributed by atoms with Gasteiger partial charge in [0.2, 0.25) is 0 Å². The molecule has 0 aromatic heterocycles. The Kier molecular flexibility index (Phi) is 55.1. The van der Waals surface area contributed by atoms with Crippen molar-refractivity contribution < 1.29 is 0 Å². The molecule has 0 aliphatic carbocycles. The molecule has 0 aromatic carbocycles. The van der Waals surface area contributed by atoms with Gasteiger partial charge in [0, 0.05) is 0 Å². The molecule has 0 aliphatic rings. The summed E-state index contributed by atoms with van der Waals surface area (Å²) in [4.78, 5) is 0. The first-order chi connectivity index (χ1) is 6.38. The Morgan fingerprint density at radius 2 is 0.875 bits per heavy atom. The SMILES string of the molecule is Br.Br.CCCCCC.NC(N)=S.NC(N)=S. The van der Waals surface area contributed by atoms with Crippen molar-refractivity contribution in [3.8, 4) is 0 Å². The Morgan fingerprint density at radius 1 is 0.750 bits per heavy atom. The predicted octanol–water partition coefficient (Wildman–Crippen LogP) is 2.12. The van der Waals surface area contributed by atoms with Gasteiger partial charge in [-0.25, -0.2) is 0 Å². The van der Waals surface area contributed by atoms with E-state index in [1.807, 2.05) is 0 Å². The number of halogens is 2. The summed E-state index contributed by atoms with van der Waals surface area (Å²) in [6.07, 6.45) is 5.54. The molecular weight excluding hydrogens is 376 g/mol. The molecule has 0 fully saturated rings. The van der Waals surface area contributed by atoms with Crippen LogP contribution in [0.2, 0.25) is 0 Å². The minimum absolute atomic E-state index is 0. The first-order valence-electron chi connectivity index (χ1n) is 4.48. The summed E-state index contributed by atoms with van der Waals surface area (Å²) in [6.45, 7) is 4.46. The standard InChI is InChI=1S/C6H14.2CH4N2S.2BrH/c1-3-5-6-4-2;2*2-1(3)4;;/h3-6H2,1-2H3;2*(H4,2,3,4);2*1H. The van der Waals surface area contributed by atoms with Crippen LogP contribution in [0.25, 0.3) is 0 Å². The summed E-state index contributed by atoms with van der Waals surface area (Å²) in [5.41, 5.74) is 18.5. The van der Waals surface area contributed by atoms with E-state index < -0.39 is 0 Å². The van der Waals surface area contributed by atoms with Crippen molar-refractivity contribution in [2.75, 3.05) is 0 Å². The Balaban J connectivity index is -0.0000000367. The molecular formula is C8H24Br2N4S2. The minimum atomic E-state index is 0. The van der Waals surface area contributed by atoms with Crippen LogP contribution in [0.4, 0.5) is 0 Å². The lowest BCUT2D eigenvalue weighted by Gasteiger charge is -1.86. The molecule has 0 saturated carbocycles. The van der Waals surface area contributed by atoms with E-state index in [9.17, 15) is 0 Å². The number of unbranched alkanes of at least 4 members (excludes halogenated alkanes) is 3. The molecule has 0 unspecified atom stereocenters. The fraction of sp³-hybridized carbons (Fsp3) is 0.750. The number of hydrogen-bond acceptors (Lipinski definition) is 2. The maximum Gasteiger partial charge on any atom is 0.160 e. The van der Waals surface area contributed by atoms with Gasteiger partial charge in [0.15, 0.2) is 10.2 Å². The maximum absolute atomic E-state index is 4.62. The predicted molar refractivity (Wildman–Crippen MR) is 92.4 cm³/mol. The Hall–Kier alpha value is 0.340. The van der Waals surface area contributed by atoms with Crippen LogP contribution in [0.1, 0.15) is 39.5 Å². The molecule has 0 radical (unpaired) electrons. The first kappa shape index (κ1) is 29.9. The Morgan fingerprint density at radius 3 is 0.938 bits per heavy atom. The van der Waals surface area contributed by atoms with E-state index in [4.69, 9.17) is 0 Å². The van der Waals surface area contributed by atoms with Crippen molar-refractivity contribution >= 4 is 68.6 Å². The molecule has 4 nitrogen and oxygen atoms in total. The molecule has 102 valence electrons. The van der Waals surface area contributed by atoms with Crippen LogP contribution in [0.3, 0.4) is 0 Å². The maximum atomic E-state index is 4.62. The molecule has 16 heavy (non-hydrogen) atoms. The van der Waals surface area contributed by atoms with E-state index in [1.54, 1.807) is 0 Å². The van der Waals surface area contributed by atoms with Gasteiger partial charge < -0.3 is 22.9 Å². The van der Waals surface area contributed by atoms with Gasteiger partial charge in [0.1, 0.15) is 0 Å². The van der Waals surface area contributed by atoms with Crippen LogP contribution in [0.5, 0.6) is 0 Å². The zero-order valence-electron chi connectivity index (χ0n) is 9.77. The highest BCUT2D eigenvalue weighted by Gasteiger charge is 1.75. The van der Waals surface area contributed by atoms with Crippen molar-refractivity contribution in [1.82, 2.24) is 0 Å². The Labute approximate surface area is 130 Å². The third-order valence-corrected chi connectivity index (χ3v) is 0.957. The van der Waals surface area contributed by atoms with Crippen LogP contribution >= 0.6 is 58.4 Å². The third kappa shape index (κ3) is 229. The smallest absolute Gasteiger partial charge is 0.160 e. The molecule has 0 rings (SSSR count). The summed E-state index contributed by atoms with van der Waals surface area (Å²) in [7, 11) is 0. The van der Waals surface area contributed by atoms with Gasteiger partial charge in [-0.05, 0) is 24.4 Å². The highest BCUT2D eigenvalue weighted by molar-refractivity contribution is 8.93. The average molecular weight is 400 g/mol. The van der Waals surface area contributed by atoms with Crippen molar-refractivity contribution in [3.63, 3.8) is 0 Å². The van der Waals surface area contributed by atoms with Gasteiger partial charge in [-0.15, -0.1) is 34.0 Å². The monoisotopic (exact) mass is 398 g/mol. The third-order valence-electron chi connectivity index (χ3n) is 0.957. The average Bonchev–Trinajstić information content (AvgIpc) is 1.98. The lowest BCUT2D eigenvalue weighted by Crippen LogP contribution is -2.18. The van der Waals surface area contributed by atoms with Crippen LogP contribution in [-0.2, 0) is 0 Å². The van der Waals surface area contributed by atoms with E-state index >= 15 is 0 Å². The van der Waals surface area contributed by atoms with Gasteiger partial charge in [0.05, 0.1) is 0 Å². The molecule has 0 spiro atoms. The molecule has 8 N–H and O–H groups in total. The van der Waals surface area contributed by atoms with E-state index in [2.05, 4.69) is 61.2 Å². The molecule has 0 bridgehead atoms. The van der Waals surface area contributed by atoms with Gasteiger partial charge in [-0.2, -0.15) is 0 Å². The highest BCUT2D eigenvalue weighted by atomic mass is 79.9. The van der Waals surface area contributed by atoms with E-state index in [0.29, 0.717) is 0 Å². The van der Waals surface area contributed by atoms with Crippen molar-refractivity contribution in [2.24, 2.45) is 22.9 Å². The van der Waals surface area contributed by atoms with Gasteiger partial charge in [-0.3, -0.25) is 0 Å². The normalized spacial score (nSPS) is 6.38. The van der Waals surface area contributed by atoms with Crippen LogP contribution < -0.4 is 22.9 Å². The Bertz CT molecular complexity index is 124. The van der Waals surface area contributed by atoms with Crippen molar-refractivity contribution in [3.05, 3.63) is 0 Å². The molecule has 0 amide bonds. The van der Waals surface area contributed by atoms with Crippen molar-refractivity contribution in [2.45, 2.75) is 39.5 Å². The fourth-order valence-corrected chi connectivity index (χ4v) is 0.500. The van der Waals surface area contributed by atoms with E-state index in [0.717, 1.165) is 0 Å². The zero-order chi connectivity index (χ0) is 12.0. The summed E-state index contributed by atoms with van der Waals surface area (Å²) < 4.78 is 0. The van der Waals surface area contributed by atoms with E-state index in [1.165, 1.54) is 25.7 Å². The summed E-state index contributed by atoms with van der Waals surface area (Å²) >= 11 is 8.19. The molecule has 0 heterocycles. The van der Waals surface area contributed by atoms with Crippen LogP contribution in [0, 0.1) is 0 Å². The second-order valence-corrected chi connectivity index (χ2v) is 3.45. The molecule has 0 aliphatic heterocycles.